The molecule has 2 aliphatic rings. The van der Waals surface area contributed by atoms with Crippen LogP contribution < -0.4 is 9.62 Å². The smallest absolute Gasteiger partial charge is 0.214 e. The number of hydrogen-bond donors (Lipinski definition) is 1. The Bertz CT molecular complexity index is 605. The number of nitrogens with one attached hydrogen (secondary N) is 1. The van der Waals surface area contributed by atoms with Gasteiger partial charge in [-0.3, -0.25) is 4.90 Å². The largest absolute Gasteiger partial charge is 0.369 e. The maximum absolute atomic E-state index is 11.1. The lowest BCUT2D eigenvalue weighted by Crippen LogP contribution is -2.48. The molecule has 1 aromatic carbocycles. The molecule has 1 aromatic rings. The Hall–Kier alpha value is -1.11. The minimum Gasteiger partial charge on any atom is -0.369 e. The molecular weight excluding hydrogens is 334 g/mol. The number of sulfonamides is 1. The highest BCUT2D eigenvalue weighted by molar-refractivity contribution is 7.90. The molecule has 0 atom stereocenters. The Morgan fingerprint density at radius 2 is 1.52 bits per heavy atom. The molecule has 2 fully saturated rings. The van der Waals surface area contributed by atoms with Crippen molar-refractivity contribution in [3.63, 3.8) is 0 Å². The molecule has 1 aliphatic heterocycles. The van der Waals surface area contributed by atoms with E-state index in [0.717, 1.165) is 25.9 Å². The number of nitrogens with zero attached hydrogens (tertiary/aromatic N) is 2. The van der Waals surface area contributed by atoms with Crippen molar-refractivity contribution in [3.8, 4) is 0 Å². The van der Waals surface area contributed by atoms with Crippen LogP contribution in [0, 0.1) is 0 Å². The Morgan fingerprint density at radius 1 is 0.960 bits per heavy atom. The van der Waals surface area contributed by atoms with Crippen LogP contribution in [0.3, 0.4) is 0 Å². The molecule has 0 unspecified atom stereocenters. The molecule has 1 saturated carbocycles. The number of rotatable bonds is 5. The van der Waals surface area contributed by atoms with E-state index in [4.69, 9.17) is 0 Å². The van der Waals surface area contributed by atoms with Gasteiger partial charge in [-0.1, -0.05) is 18.2 Å². The Kier molecular flexibility index (Phi) is 7.28. The lowest BCUT2D eigenvalue weighted by atomic mass is 10.2. The van der Waals surface area contributed by atoms with Crippen LogP contribution in [-0.2, 0) is 10.0 Å². The SMILES string of the molecule is CC(C)N1CCN(c2ccccc2)CC1.CC(C)NS(=O)(=O)C1CC1. The maximum Gasteiger partial charge on any atom is 0.214 e. The van der Waals surface area contributed by atoms with Crippen molar-refractivity contribution in [2.24, 2.45) is 0 Å². The molecule has 1 aliphatic carbocycles. The molecule has 0 spiro atoms. The fraction of sp³-hybridized carbons (Fsp3) is 0.684. The van der Waals surface area contributed by atoms with Crippen LogP contribution in [0.15, 0.2) is 30.3 Å². The van der Waals surface area contributed by atoms with Gasteiger partial charge in [0.05, 0.1) is 5.25 Å². The number of piperazine rings is 1. The van der Waals surface area contributed by atoms with Crippen LogP contribution in [-0.4, -0.2) is 56.8 Å². The van der Waals surface area contributed by atoms with Crippen LogP contribution in [0.2, 0.25) is 0 Å². The van der Waals surface area contributed by atoms with Gasteiger partial charge in [0, 0.05) is 44.0 Å². The number of benzene rings is 1. The first-order chi connectivity index (χ1) is 11.8. The second-order valence-corrected chi connectivity index (χ2v) is 9.46. The molecule has 6 heteroatoms. The second kappa shape index (κ2) is 9.01. The van der Waals surface area contributed by atoms with Crippen molar-refractivity contribution < 1.29 is 8.42 Å². The Balaban J connectivity index is 0.000000196. The fourth-order valence-electron chi connectivity index (χ4n) is 2.94. The normalized spacial score (nSPS) is 19.0. The first-order valence-electron chi connectivity index (χ1n) is 9.35. The predicted molar refractivity (Wildman–Crippen MR) is 106 cm³/mol. The summed E-state index contributed by atoms with van der Waals surface area (Å²) < 4.78 is 24.7. The zero-order valence-electron chi connectivity index (χ0n) is 16.0. The van der Waals surface area contributed by atoms with Crippen LogP contribution in [0.4, 0.5) is 5.69 Å². The summed E-state index contributed by atoms with van der Waals surface area (Å²) in [5.74, 6) is 0. The Morgan fingerprint density at radius 3 is 1.96 bits per heavy atom. The zero-order chi connectivity index (χ0) is 18.4. The lowest BCUT2D eigenvalue weighted by molar-refractivity contribution is 0.209. The van der Waals surface area contributed by atoms with Gasteiger partial charge in [-0.25, -0.2) is 13.1 Å². The average Bonchev–Trinajstić information content (AvgIpc) is 3.41. The maximum atomic E-state index is 11.1. The van der Waals surface area contributed by atoms with E-state index in [1.54, 1.807) is 0 Å². The standard InChI is InChI=1S/C13H20N2.C6H13NO2S/c1-12(2)14-8-10-15(11-9-14)13-6-4-3-5-7-13;1-5(2)7-10(8,9)6-3-4-6/h3-7,12H,8-11H2,1-2H3;5-7H,3-4H2,1-2H3. The third-order valence-corrected chi connectivity index (χ3v) is 6.68. The van der Waals surface area contributed by atoms with E-state index in [1.807, 2.05) is 13.8 Å². The molecule has 3 rings (SSSR count). The number of para-hydroxylation sites is 1. The molecule has 0 bridgehead atoms. The summed E-state index contributed by atoms with van der Waals surface area (Å²) in [6.07, 6.45) is 1.67. The van der Waals surface area contributed by atoms with Gasteiger partial charge in [0.1, 0.15) is 0 Å². The summed E-state index contributed by atoms with van der Waals surface area (Å²) in [4.78, 5) is 5.01. The summed E-state index contributed by atoms with van der Waals surface area (Å²) in [6, 6.07) is 11.4. The molecule has 142 valence electrons. The highest BCUT2D eigenvalue weighted by Gasteiger charge is 2.35. The van der Waals surface area contributed by atoms with Gasteiger partial charge in [0.25, 0.3) is 0 Å². The number of anilines is 1. The summed E-state index contributed by atoms with van der Waals surface area (Å²) in [6.45, 7) is 12.9. The van der Waals surface area contributed by atoms with E-state index < -0.39 is 10.0 Å². The van der Waals surface area contributed by atoms with Crippen LogP contribution in [0.5, 0.6) is 0 Å². The Labute approximate surface area is 153 Å². The highest BCUT2D eigenvalue weighted by atomic mass is 32.2. The van der Waals surface area contributed by atoms with Crippen LogP contribution in [0.1, 0.15) is 40.5 Å². The predicted octanol–water partition coefficient (Wildman–Crippen LogP) is 2.69. The van der Waals surface area contributed by atoms with E-state index in [1.165, 1.54) is 18.8 Å². The minimum atomic E-state index is -2.94. The molecule has 1 saturated heterocycles. The van der Waals surface area contributed by atoms with Crippen molar-refractivity contribution in [1.82, 2.24) is 9.62 Å². The van der Waals surface area contributed by atoms with Gasteiger partial charge < -0.3 is 4.90 Å². The van der Waals surface area contributed by atoms with Crippen LogP contribution >= 0.6 is 0 Å². The summed E-state index contributed by atoms with van der Waals surface area (Å²) in [7, 11) is -2.94. The molecule has 0 radical (unpaired) electrons. The topological polar surface area (TPSA) is 52.6 Å². The number of hydrogen-bond acceptors (Lipinski definition) is 4. The van der Waals surface area contributed by atoms with Gasteiger partial charge in [-0.05, 0) is 52.7 Å². The van der Waals surface area contributed by atoms with Crippen molar-refractivity contribution in [2.45, 2.75) is 57.9 Å². The first kappa shape index (κ1) is 20.2. The van der Waals surface area contributed by atoms with E-state index in [2.05, 4.69) is 58.7 Å². The monoisotopic (exact) mass is 367 g/mol. The van der Waals surface area contributed by atoms with E-state index in [-0.39, 0.29) is 11.3 Å². The average molecular weight is 368 g/mol. The summed E-state index contributed by atoms with van der Waals surface area (Å²) >= 11 is 0. The van der Waals surface area contributed by atoms with E-state index >= 15 is 0 Å². The highest BCUT2D eigenvalue weighted by Crippen LogP contribution is 2.27. The first-order valence-corrected chi connectivity index (χ1v) is 10.9. The molecule has 25 heavy (non-hydrogen) atoms. The minimum absolute atomic E-state index is 0.0330. The van der Waals surface area contributed by atoms with Crippen molar-refractivity contribution in [3.05, 3.63) is 30.3 Å². The third kappa shape index (κ3) is 6.60. The van der Waals surface area contributed by atoms with Gasteiger partial charge in [0.2, 0.25) is 10.0 Å². The fourth-order valence-corrected chi connectivity index (χ4v) is 4.54. The van der Waals surface area contributed by atoms with Gasteiger partial charge in [-0.15, -0.1) is 0 Å². The molecular formula is C19H33N3O2S. The van der Waals surface area contributed by atoms with Crippen molar-refractivity contribution >= 4 is 15.7 Å². The third-order valence-electron chi connectivity index (χ3n) is 4.53. The second-order valence-electron chi connectivity index (χ2n) is 7.47. The van der Waals surface area contributed by atoms with Crippen LogP contribution in [0.25, 0.3) is 0 Å². The van der Waals surface area contributed by atoms with E-state index in [0.29, 0.717) is 6.04 Å². The van der Waals surface area contributed by atoms with Gasteiger partial charge in [-0.2, -0.15) is 0 Å². The van der Waals surface area contributed by atoms with Gasteiger partial charge in [0.15, 0.2) is 0 Å². The zero-order valence-corrected chi connectivity index (χ0v) is 16.8. The van der Waals surface area contributed by atoms with Crippen molar-refractivity contribution in [1.29, 1.82) is 0 Å². The van der Waals surface area contributed by atoms with Gasteiger partial charge >= 0.3 is 0 Å². The molecule has 1 heterocycles. The quantitative estimate of drug-likeness (QED) is 0.869. The lowest BCUT2D eigenvalue weighted by Gasteiger charge is -2.38. The molecule has 0 amide bonds. The van der Waals surface area contributed by atoms with Crippen molar-refractivity contribution in [2.75, 3.05) is 31.1 Å². The molecule has 1 N–H and O–H groups in total. The summed E-state index contributed by atoms with van der Waals surface area (Å²) in [5, 5.41) is -0.0881. The summed E-state index contributed by atoms with van der Waals surface area (Å²) in [5.41, 5.74) is 1.36. The van der Waals surface area contributed by atoms with E-state index in [9.17, 15) is 8.42 Å². The molecule has 0 aromatic heterocycles. The molecule has 5 nitrogen and oxygen atoms in total.